The Morgan fingerprint density at radius 1 is 1.33 bits per heavy atom. The first kappa shape index (κ1) is 13.1. The van der Waals surface area contributed by atoms with E-state index in [2.05, 4.69) is 0 Å². The Morgan fingerprint density at radius 2 is 1.94 bits per heavy atom. The Morgan fingerprint density at radius 3 is 2.50 bits per heavy atom. The SMILES string of the molecule is NC(C(=O)CC1CC1)c1ccccc1C(F)(F)F. The number of carbonyl (C=O) groups is 1. The summed E-state index contributed by atoms with van der Waals surface area (Å²) in [6.07, 6.45) is -2.25. The molecule has 1 aromatic rings. The summed E-state index contributed by atoms with van der Waals surface area (Å²) in [7, 11) is 0. The molecule has 0 aromatic heterocycles. The summed E-state index contributed by atoms with van der Waals surface area (Å²) in [5.41, 5.74) is 4.72. The van der Waals surface area contributed by atoms with Crippen LogP contribution in [0.25, 0.3) is 0 Å². The zero-order valence-electron chi connectivity index (χ0n) is 9.70. The molecule has 0 radical (unpaired) electrons. The van der Waals surface area contributed by atoms with Crippen molar-refractivity contribution in [3.05, 3.63) is 35.4 Å². The van der Waals surface area contributed by atoms with Gasteiger partial charge in [-0.05, 0) is 30.4 Å². The van der Waals surface area contributed by atoms with E-state index in [-0.39, 0.29) is 17.8 Å². The van der Waals surface area contributed by atoms with Crippen molar-refractivity contribution in [1.29, 1.82) is 0 Å². The molecule has 2 nitrogen and oxygen atoms in total. The van der Waals surface area contributed by atoms with Crippen molar-refractivity contribution in [2.24, 2.45) is 11.7 Å². The highest BCUT2D eigenvalue weighted by molar-refractivity contribution is 5.85. The molecule has 0 aliphatic heterocycles. The van der Waals surface area contributed by atoms with E-state index in [0.717, 1.165) is 18.9 Å². The molecule has 2 N–H and O–H groups in total. The number of hydrogen-bond acceptors (Lipinski definition) is 2. The summed E-state index contributed by atoms with van der Waals surface area (Å²) < 4.78 is 38.3. The smallest absolute Gasteiger partial charge is 0.318 e. The molecule has 1 saturated carbocycles. The second-order valence-electron chi connectivity index (χ2n) is 4.68. The monoisotopic (exact) mass is 257 g/mol. The van der Waals surface area contributed by atoms with Gasteiger partial charge in [-0.3, -0.25) is 4.79 Å². The highest BCUT2D eigenvalue weighted by atomic mass is 19.4. The lowest BCUT2D eigenvalue weighted by Gasteiger charge is -2.17. The molecule has 1 aliphatic carbocycles. The summed E-state index contributed by atoms with van der Waals surface area (Å²) in [5, 5.41) is 0. The Hall–Kier alpha value is -1.36. The molecule has 1 unspecified atom stereocenters. The van der Waals surface area contributed by atoms with E-state index in [0.29, 0.717) is 5.92 Å². The number of benzene rings is 1. The van der Waals surface area contributed by atoms with Crippen LogP contribution in [0.4, 0.5) is 13.2 Å². The molecule has 0 spiro atoms. The Bertz CT molecular complexity index is 452. The second kappa shape index (κ2) is 4.72. The van der Waals surface area contributed by atoms with Crippen LogP contribution in [-0.2, 0) is 11.0 Å². The lowest BCUT2D eigenvalue weighted by atomic mass is 9.95. The Labute approximate surface area is 103 Å². The van der Waals surface area contributed by atoms with E-state index in [1.807, 2.05) is 0 Å². The largest absolute Gasteiger partial charge is 0.416 e. The predicted octanol–water partition coefficient (Wildman–Crippen LogP) is 3.07. The van der Waals surface area contributed by atoms with Gasteiger partial charge < -0.3 is 5.73 Å². The van der Waals surface area contributed by atoms with Gasteiger partial charge in [-0.15, -0.1) is 0 Å². The van der Waals surface area contributed by atoms with Crippen LogP contribution in [0.2, 0.25) is 0 Å². The number of nitrogens with two attached hydrogens (primary N) is 1. The van der Waals surface area contributed by atoms with Crippen LogP contribution in [0, 0.1) is 5.92 Å². The van der Waals surface area contributed by atoms with E-state index in [4.69, 9.17) is 5.73 Å². The Kier molecular flexibility index (Phi) is 3.43. The lowest BCUT2D eigenvalue weighted by Crippen LogP contribution is -2.25. The third-order valence-electron chi connectivity index (χ3n) is 3.13. The fourth-order valence-electron chi connectivity index (χ4n) is 1.93. The van der Waals surface area contributed by atoms with Crippen LogP contribution in [0.3, 0.4) is 0 Å². The van der Waals surface area contributed by atoms with Gasteiger partial charge in [0, 0.05) is 6.42 Å². The van der Waals surface area contributed by atoms with E-state index >= 15 is 0 Å². The molecular formula is C13H14F3NO. The third-order valence-corrected chi connectivity index (χ3v) is 3.13. The number of hydrogen-bond donors (Lipinski definition) is 1. The van der Waals surface area contributed by atoms with Crippen LogP contribution < -0.4 is 5.73 Å². The minimum absolute atomic E-state index is 0.129. The molecule has 0 amide bonds. The predicted molar refractivity (Wildman–Crippen MR) is 60.7 cm³/mol. The maximum absolute atomic E-state index is 12.8. The fourth-order valence-corrected chi connectivity index (χ4v) is 1.93. The standard InChI is InChI=1S/C13H14F3NO/c14-13(15,16)10-4-2-1-3-9(10)12(17)11(18)7-8-5-6-8/h1-4,8,12H,5-7,17H2. The molecule has 1 atom stereocenters. The van der Waals surface area contributed by atoms with E-state index in [1.54, 1.807) is 0 Å². The summed E-state index contributed by atoms with van der Waals surface area (Å²) >= 11 is 0. The van der Waals surface area contributed by atoms with Gasteiger partial charge in [0.1, 0.15) is 0 Å². The van der Waals surface area contributed by atoms with Crippen molar-refractivity contribution in [2.45, 2.75) is 31.5 Å². The topological polar surface area (TPSA) is 43.1 Å². The van der Waals surface area contributed by atoms with Gasteiger partial charge in [0.2, 0.25) is 0 Å². The molecule has 1 aromatic carbocycles. The van der Waals surface area contributed by atoms with E-state index in [1.165, 1.54) is 18.2 Å². The van der Waals surface area contributed by atoms with Crippen molar-refractivity contribution in [3.63, 3.8) is 0 Å². The molecule has 0 saturated heterocycles. The van der Waals surface area contributed by atoms with Crippen LogP contribution >= 0.6 is 0 Å². The minimum Gasteiger partial charge on any atom is -0.318 e. The van der Waals surface area contributed by atoms with Gasteiger partial charge in [-0.25, -0.2) is 0 Å². The molecule has 18 heavy (non-hydrogen) atoms. The zero-order chi connectivity index (χ0) is 13.3. The maximum Gasteiger partial charge on any atom is 0.416 e. The van der Waals surface area contributed by atoms with Crippen LogP contribution in [0.15, 0.2) is 24.3 Å². The number of carbonyl (C=O) groups excluding carboxylic acids is 1. The molecule has 0 bridgehead atoms. The van der Waals surface area contributed by atoms with Crippen LogP contribution in [-0.4, -0.2) is 5.78 Å². The van der Waals surface area contributed by atoms with E-state index < -0.39 is 17.8 Å². The van der Waals surface area contributed by atoms with Gasteiger partial charge >= 0.3 is 6.18 Å². The van der Waals surface area contributed by atoms with Crippen molar-refractivity contribution >= 4 is 5.78 Å². The summed E-state index contributed by atoms with van der Waals surface area (Å²) in [5.74, 6) is 0.01000. The average Bonchev–Trinajstić information content (AvgIpc) is 3.11. The molecule has 0 heterocycles. The lowest BCUT2D eigenvalue weighted by molar-refractivity contribution is -0.138. The number of Topliss-reactive ketones (excluding diaryl/α,β-unsaturated/α-hetero) is 1. The summed E-state index contributed by atoms with van der Waals surface area (Å²) in [6, 6.07) is 3.82. The first-order valence-corrected chi connectivity index (χ1v) is 5.84. The first-order chi connectivity index (χ1) is 8.39. The van der Waals surface area contributed by atoms with Gasteiger partial charge in [0.15, 0.2) is 5.78 Å². The van der Waals surface area contributed by atoms with Gasteiger partial charge in [0.25, 0.3) is 0 Å². The number of rotatable bonds is 4. The molecule has 98 valence electrons. The van der Waals surface area contributed by atoms with Crippen molar-refractivity contribution < 1.29 is 18.0 Å². The summed E-state index contributed by atoms with van der Waals surface area (Å²) in [4.78, 5) is 11.8. The van der Waals surface area contributed by atoms with Crippen molar-refractivity contribution in [2.75, 3.05) is 0 Å². The van der Waals surface area contributed by atoms with Gasteiger partial charge in [-0.1, -0.05) is 18.2 Å². The highest BCUT2D eigenvalue weighted by Crippen LogP contribution is 2.37. The highest BCUT2D eigenvalue weighted by Gasteiger charge is 2.36. The second-order valence-corrected chi connectivity index (χ2v) is 4.68. The number of ketones is 1. The van der Waals surface area contributed by atoms with E-state index in [9.17, 15) is 18.0 Å². The normalized spacial score (nSPS) is 17.6. The molecular weight excluding hydrogens is 243 g/mol. The Balaban J connectivity index is 2.23. The van der Waals surface area contributed by atoms with Gasteiger partial charge in [-0.2, -0.15) is 13.2 Å². The number of halogens is 3. The third kappa shape index (κ3) is 2.90. The minimum atomic E-state index is -4.48. The molecule has 1 aliphatic rings. The molecule has 5 heteroatoms. The van der Waals surface area contributed by atoms with Gasteiger partial charge in [0.05, 0.1) is 11.6 Å². The van der Waals surface area contributed by atoms with Crippen molar-refractivity contribution in [3.8, 4) is 0 Å². The first-order valence-electron chi connectivity index (χ1n) is 5.84. The zero-order valence-corrected chi connectivity index (χ0v) is 9.70. The fraction of sp³-hybridized carbons (Fsp3) is 0.462. The quantitative estimate of drug-likeness (QED) is 0.900. The average molecular weight is 257 g/mol. The maximum atomic E-state index is 12.8. The van der Waals surface area contributed by atoms with Crippen LogP contribution in [0.1, 0.15) is 36.4 Å². The van der Waals surface area contributed by atoms with Crippen molar-refractivity contribution in [1.82, 2.24) is 0 Å². The summed E-state index contributed by atoms with van der Waals surface area (Å²) in [6.45, 7) is 0. The van der Waals surface area contributed by atoms with Crippen LogP contribution in [0.5, 0.6) is 0 Å². The molecule has 1 fully saturated rings. The number of alkyl halides is 3. The molecule has 2 rings (SSSR count).